The van der Waals surface area contributed by atoms with Gasteiger partial charge in [-0.25, -0.2) is 4.98 Å². The first-order valence-electron chi connectivity index (χ1n) is 4.93. The zero-order valence-corrected chi connectivity index (χ0v) is 9.94. The fourth-order valence-corrected chi connectivity index (χ4v) is 2.55. The van der Waals surface area contributed by atoms with Crippen molar-refractivity contribution in [2.45, 2.75) is 13.8 Å². The third-order valence-corrected chi connectivity index (χ3v) is 3.18. The minimum Gasteiger partial charge on any atom is -0.497 e. The number of ether oxygens (including phenoxy) is 1. The Morgan fingerprint density at radius 1 is 1.47 bits per heavy atom. The van der Waals surface area contributed by atoms with Crippen molar-refractivity contribution in [3.63, 3.8) is 0 Å². The van der Waals surface area contributed by atoms with Crippen LogP contribution in [0, 0.1) is 6.92 Å². The molecule has 0 saturated heterocycles. The van der Waals surface area contributed by atoms with E-state index in [1.54, 1.807) is 18.4 Å². The number of rotatable bonds is 3. The molecule has 0 aliphatic carbocycles. The number of methoxy groups -OCH3 is 1. The molecule has 1 heterocycles. The molecule has 0 unspecified atom stereocenters. The highest BCUT2D eigenvalue weighted by Crippen LogP contribution is 2.31. The third kappa shape index (κ3) is 1.90. The van der Waals surface area contributed by atoms with E-state index in [4.69, 9.17) is 4.74 Å². The van der Waals surface area contributed by atoms with Gasteiger partial charge in [0.15, 0.2) is 5.13 Å². The van der Waals surface area contributed by atoms with Gasteiger partial charge >= 0.3 is 0 Å². The number of nitrogens with zero attached hydrogens (tertiary/aromatic N) is 1. The quantitative estimate of drug-likeness (QED) is 0.866. The molecule has 0 atom stereocenters. The largest absolute Gasteiger partial charge is 0.497 e. The van der Waals surface area contributed by atoms with Crippen molar-refractivity contribution in [3.8, 4) is 5.75 Å². The van der Waals surface area contributed by atoms with Crippen LogP contribution in [0.4, 0.5) is 5.13 Å². The molecule has 80 valence electrons. The molecule has 3 nitrogen and oxygen atoms in total. The molecule has 0 aliphatic rings. The predicted molar refractivity (Wildman–Crippen MR) is 65.1 cm³/mol. The molecule has 4 heteroatoms. The fourth-order valence-electron chi connectivity index (χ4n) is 1.51. The molecule has 2 rings (SSSR count). The topological polar surface area (TPSA) is 34.2 Å². The minimum atomic E-state index is 0.895. The van der Waals surface area contributed by atoms with Crippen molar-refractivity contribution in [1.29, 1.82) is 0 Å². The summed E-state index contributed by atoms with van der Waals surface area (Å²) >= 11 is 1.66. The van der Waals surface area contributed by atoms with Gasteiger partial charge in [-0.3, -0.25) is 0 Å². The lowest BCUT2D eigenvalue weighted by atomic mass is 10.2. The summed E-state index contributed by atoms with van der Waals surface area (Å²) in [6, 6.07) is 4.04. The van der Waals surface area contributed by atoms with Crippen molar-refractivity contribution >= 4 is 26.7 Å². The average Bonchev–Trinajstić information content (AvgIpc) is 2.61. The first-order valence-corrected chi connectivity index (χ1v) is 5.75. The molecule has 1 N–H and O–H groups in total. The molecule has 1 aromatic carbocycles. The molecule has 0 radical (unpaired) electrons. The summed E-state index contributed by atoms with van der Waals surface area (Å²) in [4.78, 5) is 4.53. The highest BCUT2D eigenvalue weighted by molar-refractivity contribution is 7.22. The Balaban J connectivity index is 2.54. The molecule has 0 fully saturated rings. The van der Waals surface area contributed by atoms with Crippen LogP contribution in [0.15, 0.2) is 12.1 Å². The van der Waals surface area contributed by atoms with E-state index < -0.39 is 0 Å². The maximum atomic E-state index is 5.23. The lowest BCUT2D eigenvalue weighted by Gasteiger charge is -2.00. The molecule has 0 saturated carbocycles. The molecule has 1 aromatic heterocycles. The number of anilines is 1. The van der Waals surface area contributed by atoms with Crippen molar-refractivity contribution in [3.05, 3.63) is 17.7 Å². The zero-order chi connectivity index (χ0) is 10.8. The summed E-state index contributed by atoms with van der Waals surface area (Å²) in [6.07, 6.45) is 0. The monoisotopic (exact) mass is 222 g/mol. The van der Waals surface area contributed by atoms with Gasteiger partial charge in [-0.05, 0) is 31.5 Å². The third-order valence-electron chi connectivity index (χ3n) is 2.22. The number of fused-ring (bicyclic) bond motifs is 1. The first kappa shape index (κ1) is 10.2. The van der Waals surface area contributed by atoms with Crippen molar-refractivity contribution in [2.24, 2.45) is 0 Å². The smallest absolute Gasteiger partial charge is 0.183 e. The second-order valence-electron chi connectivity index (χ2n) is 3.34. The number of thiazole rings is 1. The fraction of sp³-hybridized carbons (Fsp3) is 0.364. The van der Waals surface area contributed by atoms with Crippen LogP contribution in [-0.2, 0) is 0 Å². The Morgan fingerprint density at radius 2 is 2.27 bits per heavy atom. The van der Waals surface area contributed by atoms with Gasteiger partial charge in [0.1, 0.15) is 5.75 Å². The number of aryl methyl sites for hydroxylation is 1. The maximum absolute atomic E-state index is 5.23. The summed E-state index contributed by atoms with van der Waals surface area (Å²) in [5.41, 5.74) is 2.22. The first-order chi connectivity index (χ1) is 7.24. The van der Waals surface area contributed by atoms with E-state index >= 15 is 0 Å². The van der Waals surface area contributed by atoms with Crippen molar-refractivity contribution < 1.29 is 4.74 Å². The second kappa shape index (κ2) is 4.06. The average molecular weight is 222 g/mol. The lowest BCUT2D eigenvalue weighted by Crippen LogP contribution is -1.94. The van der Waals surface area contributed by atoms with E-state index in [-0.39, 0.29) is 0 Å². The Hall–Kier alpha value is -1.29. The van der Waals surface area contributed by atoms with Crippen molar-refractivity contribution in [1.82, 2.24) is 4.98 Å². The highest BCUT2D eigenvalue weighted by atomic mass is 32.1. The molecule has 2 aromatic rings. The Labute approximate surface area is 93.1 Å². The summed E-state index contributed by atoms with van der Waals surface area (Å²) in [6.45, 7) is 5.02. The molecule has 15 heavy (non-hydrogen) atoms. The number of nitrogens with one attached hydrogen (secondary N) is 1. The molecule has 0 amide bonds. The number of aromatic nitrogens is 1. The van der Waals surface area contributed by atoms with Gasteiger partial charge in [0, 0.05) is 6.54 Å². The summed E-state index contributed by atoms with van der Waals surface area (Å²) < 4.78 is 6.40. The normalized spacial score (nSPS) is 10.6. The van der Waals surface area contributed by atoms with Crippen LogP contribution in [0.3, 0.4) is 0 Å². The molecule has 0 bridgehead atoms. The van der Waals surface area contributed by atoms with Gasteiger partial charge in [0.05, 0.1) is 17.3 Å². The maximum Gasteiger partial charge on any atom is 0.183 e. The van der Waals surface area contributed by atoms with Crippen LogP contribution < -0.4 is 10.1 Å². The van der Waals surface area contributed by atoms with Crippen LogP contribution in [0.2, 0.25) is 0 Å². The van der Waals surface area contributed by atoms with Gasteiger partial charge in [-0.15, -0.1) is 0 Å². The zero-order valence-electron chi connectivity index (χ0n) is 9.13. The van der Waals surface area contributed by atoms with E-state index in [2.05, 4.69) is 24.1 Å². The summed E-state index contributed by atoms with van der Waals surface area (Å²) in [5, 5.41) is 4.20. The van der Waals surface area contributed by atoms with E-state index in [0.717, 1.165) is 28.5 Å². The van der Waals surface area contributed by atoms with Gasteiger partial charge in [-0.2, -0.15) is 0 Å². The highest BCUT2D eigenvalue weighted by Gasteiger charge is 2.07. The molecule has 0 spiro atoms. The van der Waals surface area contributed by atoms with Gasteiger partial charge in [0.2, 0.25) is 0 Å². The summed E-state index contributed by atoms with van der Waals surface area (Å²) in [5.74, 6) is 0.895. The molecular formula is C11H14N2OS. The minimum absolute atomic E-state index is 0.895. The van der Waals surface area contributed by atoms with Crippen LogP contribution in [0.5, 0.6) is 5.75 Å². The van der Waals surface area contributed by atoms with Crippen LogP contribution in [0.25, 0.3) is 10.2 Å². The van der Waals surface area contributed by atoms with E-state index in [9.17, 15) is 0 Å². The van der Waals surface area contributed by atoms with Crippen LogP contribution >= 0.6 is 11.3 Å². The Morgan fingerprint density at radius 3 is 2.93 bits per heavy atom. The standard InChI is InChI=1S/C11H14N2OS/c1-4-12-11-13-10-7(2)5-8(14-3)6-9(10)15-11/h5-6H,4H2,1-3H3,(H,12,13). The van der Waals surface area contributed by atoms with E-state index in [1.165, 1.54) is 4.70 Å². The van der Waals surface area contributed by atoms with E-state index in [0.29, 0.717) is 0 Å². The predicted octanol–water partition coefficient (Wildman–Crippen LogP) is 3.05. The summed E-state index contributed by atoms with van der Waals surface area (Å²) in [7, 11) is 1.69. The number of hydrogen-bond donors (Lipinski definition) is 1. The number of hydrogen-bond acceptors (Lipinski definition) is 4. The second-order valence-corrected chi connectivity index (χ2v) is 4.37. The molecule has 0 aliphatic heterocycles. The van der Waals surface area contributed by atoms with Gasteiger partial charge < -0.3 is 10.1 Å². The van der Waals surface area contributed by atoms with Crippen molar-refractivity contribution in [2.75, 3.05) is 19.0 Å². The van der Waals surface area contributed by atoms with E-state index in [1.807, 2.05) is 12.1 Å². The lowest BCUT2D eigenvalue weighted by molar-refractivity contribution is 0.415. The number of benzene rings is 1. The van der Waals surface area contributed by atoms with Crippen LogP contribution in [0.1, 0.15) is 12.5 Å². The van der Waals surface area contributed by atoms with Crippen LogP contribution in [-0.4, -0.2) is 18.6 Å². The SMILES string of the molecule is CCNc1nc2c(C)cc(OC)cc2s1. The Kier molecular flexibility index (Phi) is 2.77. The van der Waals surface area contributed by atoms with Gasteiger partial charge in [-0.1, -0.05) is 11.3 Å². The Bertz CT molecular complexity index is 479. The molecular weight excluding hydrogens is 208 g/mol. The van der Waals surface area contributed by atoms with Gasteiger partial charge in [0.25, 0.3) is 0 Å².